The normalized spacial score (nSPS) is 11.3. The predicted molar refractivity (Wildman–Crippen MR) is 138 cm³/mol. The first-order valence-corrected chi connectivity index (χ1v) is 12.3. The topological polar surface area (TPSA) is 76.6 Å². The second kappa shape index (κ2) is 11.9. The maximum Gasteiger partial charge on any atom is 0.229 e. The van der Waals surface area contributed by atoms with E-state index in [1.165, 1.54) is 11.3 Å². The molecule has 0 aliphatic rings. The molecule has 0 fully saturated rings. The zero-order valence-corrected chi connectivity index (χ0v) is 21.6. The van der Waals surface area contributed by atoms with Gasteiger partial charge in [0, 0.05) is 41.5 Å². The summed E-state index contributed by atoms with van der Waals surface area (Å²) in [5.41, 5.74) is 2.32. The van der Waals surface area contributed by atoms with Crippen LogP contribution in [0.25, 0.3) is 10.7 Å². The molecule has 0 saturated carbocycles. The number of hydrogen-bond acceptors (Lipinski definition) is 7. The van der Waals surface area contributed by atoms with Crippen LogP contribution in [0.2, 0.25) is 0 Å². The largest absolute Gasteiger partial charge is 0.493 e. The van der Waals surface area contributed by atoms with Crippen molar-refractivity contribution in [3.63, 3.8) is 0 Å². The van der Waals surface area contributed by atoms with Gasteiger partial charge < -0.3 is 14.8 Å². The number of methoxy groups -OCH3 is 1. The van der Waals surface area contributed by atoms with Crippen molar-refractivity contribution in [1.82, 2.24) is 14.9 Å². The average Bonchev–Trinajstić information content (AvgIpc) is 3.17. The van der Waals surface area contributed by atoms with Crippen LogP contribution in [0.3, 0.4) is 0 Å². The molecule has 1 N–H and O–H groups in total. The summed E-state index contributed by atoms with van der Waals surface area (Å²) in [6, 6.07) is 12.0. The van der Waals surface area contributed by atoms with Gasteiger partial charge in [0.15, 0.2) is 11.5 Å². The van der Waals surface area contributed by atoms with Crippen molar-refractivity contribution in [1.29, 1.82) is 0 Å². The molecule has 0 bridgehead atoms. The van der Waals surface area contributed by atoms with Crippen molar-refractivity contribution >= 4 is 22.9 Å². The first kappa shape index (κ1) is 25.6. The van der Waals surface area contributed by atoms with Gasteiger partial charge in [0.2, 0.25) is 5.91 Å². The van der Waals surface area contributed by atoms with Gasteiger partial charge >= 0.3 is 0 Å². The van der Waals surface area contributed by atoms with E-state index in [9.17, 15) is 4.79 Å². The number of ether oxygens (including phenoxy) is 2. The Kier molecular flexibility index (Phi) is 9.01. The first-order valence-electron chi connectivity index (χ1n) is 11.5. The second-order valence-corrected chi connectivity index (χ2v) is 9.69. The van der Waals surface area contributed by atoms with Crippen LogP contribution in [0, 0.1) is 6.92 Å². The molecule has 1 aromatic carbocycles. The molecule has 3 aromatic rings. The van der Waals surface area contributed by atoms with Gasteiger partial charge in [-0.25, -0.2) is 4.98 Å². The van der Waals surface area contributed by atoms with Gasteiger partial charge in [-0.1, -0.05) is 6.07 Å². The number of carbonyl (C=O) groups excluding carboxylic acids is 1. The lowest BCUT2D eigenvalue weighted by Crippen LogP contribution is -2.39. The number of hydrogen-bond donors (Lipinski definition) is 1. The van der Waals surface area contributed by atoms with Crippen molar-refractivity contribution in [2.24, 2.45) is 0 Å². The van der Waals surface area contributed by atoms with Crippen molar-refractivity contribution in [3.8, 4) is 22.2 Å². The summed E-state index contributed by atoms with van der Waals surface area (Å²) in [5.74, 6) is 1.14. The van der Waals surface area contributed by atoms with Crippen LogP contribution >= 0.6 is 11.3 Å². The minimum Gasteiger partial charge on any atom is -0.493 e. The Morgan fingerprint density at radius 2 is 1.88 bits per heavy atom. The van der Waals surface area contributed by atoms with Gasteiger partial charge in [0.1, 0.15) is 11.6 Å². The third-order valence-electron chi connectivity index (χ3n) is 5.48. The number of thiazole rings is 1. The monoisotopic (exact) mass is 482 g/mol. The number of anilines is 1. The summed E-state index contributed by atoms with van der Waals surface area (Å²) in [7, 11) is 1.61. The lowest BCUT2D eigenvalue weighted by molar-refractivity contribution is -0.115. The number of pyridine rings is 1. The first-order chi connectivity index (χ1) is 16.3. The number of amides is 1. The molecule has 3 rings (SSSR count). The second-order valence-electron chi connectivity index (χ2n) is 8.61. The lowest BCUT2D eigenvalue weighted by Gasteiger charge is -2.30. The minimum absolute atomic E-state index is 0.110. The van der Waals surface area contributed by atoms with Gasteiger partial charge in [0.05, 0.1) is 24.9 Å². The molecule has 0 spiro atoms. The van der Waals surface area contributed by atoms with Crippen LogP contribution in [0.1, 0.15) is 38.3 Å². The number of aryl methyl sites for hydroxylation is 1. The average molecular weight is 483 g/mol. The van der Waals surface area contributed by atoms with Crippen molar-refractivity contribution < 1.29 is 14.3 Å². The summed E-state index contributed by atoms with van der Waals surface area (Å²) >= 11 is 1.50. The molecule has 0 unspecified atom stereocenters. The Hall–Kier alpha value is -2.97. The zero-order chi connectivity index (χ0) is 24.7. The molecule has 0 aliphatic carbocycles. The highest BCUT2D eigenvalue weighted by Gasteiger charge is 2.16. The molecule has 34 heavy (non-hydrogen) atoms. The third kappa shape index (κ3) is 6.77. The lowest BCUT2D eigenvalue weighted by atomic mass is 10.2. The van der Waals surface area contributed by atoms with E-state index in [4.69, 9.17) is 9.47 Å². The Labute approximate surface area is 206 Å². The SMILES string of the molecule is COc1ccc(NC(=O)Cc2sc(-c3ccccn3)nc2C)cc1OCCN(C(C)C)C(C)C. The molecular formula is C26H34N4O3S. The molecule has 0 aliphatic heterocycles. The molecule has 8 heteroatoms. The maximum absolute atomic E-state index is 12.8. The van der Waals surface area contributed by atoms with Crippen molar-refractivity contribution in [3.05, 3.63) is 53.2 Å². The van der Waals surface area contributed by atoms with Gasteiger partial charge in [-0.05, 0) is 58.9 Å². The maximum atomic E-state index is 12.8. The fraction of sp³-hybridized carbons (Fsp3) is 0.423. The number of benzene rings is 1. The van der Waals surface area contributed by atoms with Crippen LogP contribution < -0.4 is 14.8 Å². The molecule has 1 amide bonds. The Balaban J connectivity index is 1.64. The highest BCUT2D eigenvalue weighted by Crippen LogP contribution is 2.31. The highest BCUT2D eigenvalue weighted by molar-refractivity contribution is 7.15. The van der Waals surface area contributed by atoms with Crippen LogP contribution in [0.5, 0.6) is 11.5 Å². The van der Waals surface area contributed by atoms with E-state index >= 15 is 0 Å². The number of carbonyl (C=O) groups is 1. The van der Waals surface area contributed by atoms with E-state index in [2.05, 4.69) is 47.9 Å². The molecule has 2 aromatic heterocycles. The number of rotatable bonds is 11. The standard InChI is InChI=1S/C26H34N4O3S/c1-17(2)30(18(3)4)13-14-33-23-15-20(10-11-22(23)32-6)29-25(31)16-24-19(5)28-26(34-24)21-9-7-8-12-27-21/h7-12,15,17-18H,13-14,16H2,1-6H3,(H,29,31). The summed E-state index contributed by atoms with van der Waals surface area (Å²) in [6.07, 6.45) is 1.99. The summed E-state index contributed by atoms with van der Waals surface area (Å²) in [5, 5.41) is 3.79. The van der Waals surface area contributed by atoms with Gasteiger partial charge in [-0.15, -0.1) is 11.3 Å². The highest BCUT2D eigenvalue weighted by atomic mass is 32.1. The van der Waals surface area contributed by atoms with Crippen LogP contribution in [-0.4, -0.2) is 53.1 Å². The molecule has 0 atom stereocenters. The predicted octanol–water partition coefficient (Wildman–Crippen LogP) is 5.20. The van der Waals surface area contributed by atoms with Gasteiger partial charge in [0.25, 0.3) is 0 Å². The molecule has 0 saturated heterocycles. The smallest absolute Gasteiger partial charge is 0.229 e. The van der Waals surface area contributed by atoms with Crippen molar-refractivity contribution in [2.45, 2.75) is 53.1 Å². The van der Waals surface area contributed by atoms with E-state index in [0.29, 0.717) is 35.9 Å². The van der Waals surface area contributed by atoms with Crippen LogP contribution in [0.15, 0.2) is 42.6 Å². The Morgan fingerprint density at radius 1 is 1.12 bits per heavy atom. The number of nitrogens with zero attached hydrogens (tertiary/aromatic N) is 3. The summed E-state index contributed by atoms with van der Waals surface area (Å²) in [4.78, 5) is 25.0. The van der Waals surface area contributed by atoms with E-state index in [1.807, 2.05) is 43.3 Å². The fourth-order valence-corrected chi connectivity index (χ4v) is 4.82. The third-order valence-corrected chi connectivity index (χ3v) is 6.66. The number of aromatic nitrogens is 2. The molecule has 182 valence electrons. The van der Waals surface area contributed by atoms with E-state index < -0.39 is 0 Å². The molecular weight excluding hydrogens is 448 g/mol. The van der Waals surface area contributed by atoms with Gasteiger partial charge in [-0.2, -0.15) is 0 Å². The van der Waals surface area contributed by atoms with Gasteiger partial charge in [-0.3, -0.25) is 14.7 Å². The van der Waals surface area contributed by atoms with E-state index in [-0.39, 0.29) is 12.3 Å². The van der Waals surface area contributed by atoms with Crippen LogP contribution in [0.4, 0.5) is 5.69 Å². The summed E-state index contributed by atoms with van der Waals surface area (Å²) in [6.45, 7) is 12.0. The molecule has 2 heterocycles. The van der Waals surface area contributed by atoms with E-state index in [0.717, 1.165) is 27.8 Å². The Bertz CT molecular complexity index is 1070. The molecule has 7 nitrogen and oxygen atoms in total. The Morgan fingerprint density at radius 3 is 2.53 bits per heavy atom. The quantitative estimate of drug-likeness (QED) is 0.405. The van der Waals surface area contributed by atoms with E-state index in [1.54, 1.807) is 13.3 Å². The summed E-state index contributed by atoms with van der Waals surface area (Å²) < 4.78 is 11.5. The number of nitrogens with one attached hydrogen (secondary N) is 1. The minimum atomic E-state index is -0.110. The van der Waals surface area contributed by atoms with Crippen molar-refractivity contribution in [2.75, 3.05) is 25.6 Å². The molecule has 0 radical (unpaired) electrons. The zero-order valence-electron chi connectivity index (χ0n) is 20.8. The fourth-order valence-electron chi connectivity index (χ4n) is 3.78. The van der Waals surface area contributed by atoms with Crippen LogP contribution in [-0.2, 0) is 11.2 Å².